The second-order valence-electron chi connectivity index (χ2n) is 16.7. The molecule has 256 valence electrons. The van der Waals surface area contributed by atoms with Crippen LogP contribution in [0.3, 0.4) is 0 Å². The summed E-state index contributed by atoms with van der Waals surface area (Å²) in [6, 6.07) is 0. The Kier molecular flexibility index (Phi) is 13.7. The number of aliphatic carboxylic acids is 1. The van der Waals surface area contributed by atoms with Crippen LogP contribution in [0.1, 0.15) is 175 Å². The molecule has 7 atom stereocenters. The molecule has 1 unspecified atom stereocenters. The SMILES string of the molecule is CC(C)[C@H]1CC[C@H]2[C@@H]3CCC4(C(=O)Cl)CC(CCCCCCCC/C=C\CCCCCCCC(=O)O)=CC[C@]4(C)[C@H]3CC[C@]12C. The highest BCUT2D eigenvalue weighted by Gasteiger charge is 2.65. The van der Waals surface area contributed by atoms with E-state index in [4.69, 9.17) is 16.7 Å². The Morgan fingerprint density at radius 2 is 1.47 bits per heavy atom. The van der Waals surface area contributed by atoms with Crippen LogP contribution in [0.5, 0.6) is 0 Å². The average Bonchev–Trinajstić information content (AvgIpc) is 3.36. The molecule has 3 nitrogen and oxygen atoms in total. The van der Waals surface area contributed by atoms with Crippen LogP contribution in [0, 0.1) is 45.8 Å². The van der Waals surface area contributed by atoms with E-state index in [1.807, 2.05) is 0 Å². The summed E-state index contributed by atoms with van der Waals surface area (Å²) in [5.74, 6) is 3.23. The van der Waals surface area contributed by atoms with Crippen molar-refractivity contribution in [1.82, 2.24) is 0 Å². The Morgan fingerprint density at radius 3 is 2.09 bits per heavy atom. The van der Waals surface area contributed by atoms with Crippen LogP contribution in [0.25, 0.3) is 0 Å². The molecular formula is C41H67ClO3. The van der Waals surface area contributed by atoms with E-state index in [2.05, 4.69) is 45.9 Å². The van der Waals surface area contributed by atoms with E-state index in [9.17, 15) is 9.59 Å². The number of halogens is 1. The van der Waals surface area contributed by atoms with Crippen molar-refractivity contribution >= 4 is 22.8 Å². The molecule has 4 aliphatic rings. The zero-order valence-electron chi connectivity index (χ0n) is 29.5. The molecule has 4 rings (SSSR count). The number of unbranched alkanes of at least 4 members (excludes halogenated alkanes) is 11. The molecule has 0 aromatic carbocycles. The van der Waals surface area contributed by atoms with Gasteiger partial charge in [-0.3, -0.25) is 9.59 Å². The first-order chi connectivity index (χ1) is 21.5. The quantitative estimate of drug-likeness (QED) is 0.0866. The first kappa shape index (κ1) is 36.7. The third-order valence-electron chi connectivity index (χ3n) is 13.9. The van der Waals surface area contributed by atoms with E-state index in [1.165, 1.54) is 95.5 Å². The molecule has 0 bridgehead atoms. The van der Waals surface area contributed by atoms with Gasteiger partial charge in [0, 0.05) is 6.42 Å². The van der Waals surface area contributed by atoms with Crippen LogP contribution in [0.15, 0.2) is 23.8 Å². The number of hydrogen-bond donors (Lipinski definition) is 1. The zero-order valence-corrected chi connectivity index (χ0v) is 30.3. The smallest absolute Gasteiger partial charge is 0.303 e. The number of carboxylic acid groups (broad SMARTS) is 1. The molecule has 0 radical (unpaired) electrons. The molecule has 1 N–H and O–H groups in total. The molecule has 0 heterocycles. The summed E-state index contributed by atoms with van der Waals surface area (Å²) in [5, 5.41) is 8.65. The molecule has 45 heavy (non-hydrogen) atoms. The van der Waals surface area contributed by atoms with Crippen molar-refractivity contribution < 1.29 is 14.7 Å². The molecule has 3 saturated carbocycles. The number of carboxylic acids is 1. The standard InChI is InChI=1S/C41H67ClO3/c1-31(2)34-22-23-35-33-25-29-41(38(42)45)30-32(24-28-40(41,4)36(33)26-27-39(34,35)3)20-18-16-14-12-10-8-6-5-7-9-11-13-15-17-19-21-37(43)44/h5,7,24,31,33-36H,6,8-23,25-30H2,1-4H3,(H,43,44)/b7-5-/t33-,34+,35-,36-,39+,40+,41?/m0/s1. The van der Waals surface area contributed by atoms with E-state index in [1.54, 1.807) is 0 Å². The van der Waals surface area contributed by atoms with Crippen molar-refractivity contribution in [3.63, 3.8) is 0 Å². The minimum atomic E-state index is -0.673. The Hall–Kier alpha value is -1.09. The predicted octanol–water partition coefficient (Wildman–Crippen LogP) is 12.5. The summed E-state index contributed by atoms with van der Waals surface area (Å²) in [5.41, 5.74) is 1.69. The van der Waals surface area contributed by atoms with Crippen molar-refractivity contribution in [3.8, 4) is 0 Å². The van der Waals surface area contributed by atoms with Gasteiger partial charge in [-0.25, -0.2) is 0 Å². The fourth-order valence-corrected chi connectivity index (χ4v) is 11.7. The van der Waals surface area contributed by atoms with Crippen molar-refractivity contribution in [1.29, 1.82) is 0 Å². The lowest BCUT2D eigenvalue weighted by molar-refractivity contribution is -0.160. The van der Waals surface area contributed by atoms with E-state index in [-0.39, 0.29) is 16.1 Å². The lowest BCUT2D eigenvalue weighted by Crippen LogP contribution is -2.59. The number of rotatable bonds is 19. The molecule has 4 aliphatic carbocycles. The van der Waals surface area contributed by atoms with E-state index in [0.717, 1.165) is 75.0 Å². The average molecular weight is 643 g/mol. The zero-order chi connectivity index (χ0) is 32.5. The fraction of sp³-hybridized carbons (Fsp3) is 0.854. The highest BCUT2D eigenvalue weighted by atomic mass is 35.5. The number of carbonyl (C=O) groups excluding carboxylic acids is 1. The van der Waals surface area contributed by atoms with Gasteiger partial charge in [-0.15, -0.1) is 0 Å². The number of fused-ring (bicyclic) bond motifs is 5. The molecule has 0 aromatic heterocycles. The summed E-state index contributed by atoms with van der Waals surface area (Å²) in [7, 11) is 0. The fourth-order valence-electron chi connectivity index (χ4n) is 11.3. The maximum Gasteiger partial charge on any atom is 0.303 e. The summed E-state index contributed by atoms with van der Waals surface area (Å²) >= 11 is 6.63. The summed E-state index contributed by atoms with van der Waals surface area (Å²) in [6.07, 6.45) is 33.9. The molecule has 0 spiro atoms. The van der Waals surface area contributed by atoms with Gasteiger partial charge in [0.05, 0.1) is 5.41 Å². The third-order valence-corrected chi connectivity index (χ3v) is 14.3. The monoisotopic (exact) mass is 642 g/mol. The third kappa shape index (κ3) is 8.50. The van der Waals surface area contributed by atoms with Crippen LogP contribution in [0.2, 0.25) is 0 Å². The van der Waals surface area contributed by atoms with Gasteiger partial charge in [0.2, 0.25) is 5.24 Å². The van der Waals surface area contributed by atoms with Gasteiger partial charge in [-0.2, -0.15) is 0 Å². The molecule has 3 fully saturated rings. The van der Waals surface area contributed by atoms with Crippen LogP contribution >= 0.6 is 11.6 Å². The van der Waals surface area contributed by atoms with Crippen LogP contribution in [0.4, 0.5) is 0 Å². The molecule has 0 aliphatic heterocycles. The van der Waals surface area contributed by atoms with Gasteiger partial charge < -0.3 is 5.11 Å². The Balaban J connectivity index is 1.14. The minimum Gasteiger partial charge on any atom is -0.481 e. The largest absolute Gasteiger partial charge is 0.481 e. The molecule has 0 aromatic rings. The van der Waals surface area contributed by atoms with Gasteiger partial charge in [0.1, 0.15) is 0 Å². The summed E-state index contributed by atoms with van der Waals surface area (Å²) in [6.45, 7) is 9.98. The Morgan fingerprint density at radius 1 is 0.844 bits per heavy atom. The first-order valence-electron chi connectivity index (χ1n) is 19.3. The molecule has 4 heteroatoms. The summed E-state index contributed by atoms with van der Waals surface area (Å²) < 4.78 is 0. The molecular weight excluding hydrogens is 576 g/mol. The lowest BCUT2D eigenvalue weighted by atomic mass is 9.40. The molecule has 0 saturated heterocycles. The van der Waals surface area contributed by atoms with E-state index < -0.39 is 5.97 Å². The van der Waals surface area contributed by atoms with Gasteiger partial charge in [0.15, 0.2) is 0 Å². The van der Waals surface area contributed by atoms with E-state index >= 15 is 0 Å². The first-order valence-corrected chi connectivity index (χ1v) is 19.7. The van der Waals surface area contributed by atoms with Crippen LogP contribution in [-0.2, 0) is 9.59 Å². The van der Waals surface area contributed by atoms with Crippen LogP contribution in [-0.4, -0.2) is 16.3 Å². The molecule has 0 amide bonds. The van der Waals surface area contributed by atoms with Gasteiger partial charge in [0.25, 0.3) is 0 Å². The van der Waals surface area contributed by atoms with Gasteiger partial charge >= 0.3 is 5.97 Å². The topological polar surface area (TPSA) is 54.4 Å². The Bertz CT molecular complexity index is 1030. The summed E-state index contributed by atoms with van der Waals surface area (Å²) in [4.78, 5) is 23.9. The second-order valence-corrected chi connectivity index (χ2v) is 17.1. The number of allylic oxidation sites excluding steroid dienone is 4. The normalized spacial score (nSPS) is 34.4. The maximum atomic E-state index is 13.4. The van der Waals surface area contributed by atoms with Gasteiger partial charge in [-0.1, -0.05) is 96.4 Å². The highest BCUT2D eigenvalue weighted by Crippen LogP contribution is 2.71. The highest BCUT2D eigenvalue weighted by molar-refractivity contribution is 6.64. The lowest BCUT2D eigenvalue weighted by Gasteiger charge is -2.64. The van der Waals surface area contributed by atoms with Gasteiger partial charge in [-0.05, 0) is 148 Å². The predicted molar refractivity (Wildman–Crippen MR) is 189 cm³/mol. The van der Waals surface area contributed by atoms with Crippen molar-refractivity contribution in [2.75, 3.05) is 0 Å². The minimum absolute atomic E-state index is 0.0211. The van der Waals surface area contributed by atoms with Crippen molar-refractivity contribution in [2.24, 2.45) is 45.8 Å². The van der Waals surface area contributed by atoms with E-state index in [0.29, 0.717) is 17.8 Å². The maximum absolute atomic E-state index is 13.4. The van der Waals surface area contributed by atoms with Crippen molar-refractivity contribution in [2.45, 2.75) is 175 Å². The number of hydrogen-bond acceptors (Lipinski definition) is 2. The second kappa shape index (κ2) is 16.8. The Labute approximate surface area is 281 Å². The van der Waals surface area contributed by atoms with Crippen LogP contribution < -0.4 is 0 Å². The van der Waals surface area contributed by atoms with Crippen molar-refractivity contribution in [3.05, 3.63) is 23.8 Å². The number of carbonyl (C=O) groups is 2.